The molecule has 0 spiro atoms. The predicted octanol–water partition coefficient (Wildman–Crippen LogP) is 2.78. The molecular formula is C13H14N2O2S. The van der Waals surface area contributed by atoms with Crippen molar-refractivity contribution in [2.24, 2.45) is 0 Å². The Morgan fingerprint density at radius 3 is 2.89 bits per heavy atom. The van der Waals surface area contributed by atoms with Crippen molar-refractivity contribution in [2.75, 3.05) is 11.9 Å². The molecule has 0 atom stereocenters. The first-order valence-corrected chi connectivity index (χ1v) is 6.42. The van der Waals surface area contributed by atoms with Crippen molar-refractivity contribution in [3.05, 3.63) is 40.9 Å². The summed E-state index contributed by atoms with van der Waals surface area (Å²) in [6.07, 6.45) is 1.64. The Labute approximate surface area is 110 Å². The molecule has 0 saturated heterocycles. The zero-order valence-electron chi connectivity index (χ0n) is 10.3. The normalized spacial score (nSPS) is 10.1. The highest BCUT2D eigenvalue weighted by Gasteiger charge is 2.05. The van der Waals surface area contributed by atoms with Crippen LogP contribution < -0.4 is 10.1 Å². The number of aromatic nitrogens is 1. The Hall–Kier alpha value is -1.88. The van der Waals surface area contributed by atoms with Crippen molar-refractivity contribution >= 4 is 22.4 Å². The van der Waals surface area contributed by atoms with Crippen LogP contribution in [-0.4, -0.2) is 17.5 Å². The van der Waals surface area contributed by atoms with Crippen molar-refractivity contribution in [1.82, 2.24) is 4.98 Å². The number of hydrogen-bond donors (Lipinski definition) is 1. The highest BCUT2D eigenvalue weighted by Crippen LogP contribution is 2.16. The fraction of sp³-hybridized carbons (Fsp3) is 0.231. The number of thiazole rings is 1. The third-order valence-corrected chi connectivity index (χ3v) is 3.22. The fourth-order valence-electron chi connectivity index (χ4n) is 1.39. The Balaban J connectivity index is 1.87. The molecule has 18 heavy (non-hydrogen) atoms. The monoisotopic (exact) mass is 262 g/mol. The molecule has 4 nitrogen and oxygen atoms in total. The molecule has 1 heterocycles. The first kappa shape index (κ1) is 12.6. The first-order valence-electron chi connectivity index (χ1n) is 5.54. The molecule has 0 fully saturated rings. The summed E-state index contributed by atoms with van der Waals surface area (Å²) in [4.78, 5) is 15.5. The quantitative estimate of drug-likeness (QED) is 0.921. The number of carbonyl (C=O) groups excluding carboxylic acids is 1. The molecule has 0 saturated carbocycles. The lowest BCUT2D eigenvalue weighted by molar-refractivity contribution is -0.118. The average molecular weight is 262 g/mol. The molecule has 0 radical (unpaired) electrons. The third-order valence-electron chi connectivity index (χ3n) is 2.53. The van der Waals surface area contributed by atoms with Gasteiger partial charge in [0.2, 0.25) is 0 Å². The molecule has 2 aromatic rings. The van der Waals surface area contributed by atoms with Gasteiger partial charge in [0.05, 0.1) is 0 Å². The number of nitrogens with one attached hydrogen (secondary N) is 1. The number of benzene rings is 1. The van der Waals surface area contributed by atoms with Crippen LogP contribution in [0.4, 0.5) is 5.13 Å². The summed E-state index contributed by atoms with van der Waals surface area (Å²) in [6.45, 7) is 4.04. The summed E-state index contributed by atoms with van der Waals surface area (Å²) in [5.41, 5.74) is 2.35. The lowest BCUT2D eigenvalue weighted by atomic mass is 10.1. The summed E-state index contributed by atoms with van der Waals surface area (Å²) < 4.78 is 5.42. The van der Waals surface area contributed by atoms with Crippen LogP contribution in [-0.2, 0) is 4.79 Å². The second-order valence-electron chi connectivity index (χ2n) is 3.92. The molecule has 1 N–H and O–H groups in total. The van der Waals surface area contributed by atoms with E-state index in [1.54, 1.807) is 11.6 Å². The number of amides is 1. The fourth-order valence-corrected chi connectivity index (χ4v) is 1.94. The van der Waals surface area contributed by atoms with E-state index >= 15 is 0 Å². The van der Waals surface area contributed by atoms with Gasteiger partial charge in [-0.1, -0.05) is 6.07 Å². The molecule has 1 aromatic heterocycles. The van der Waals surface area contributed by atoms with Gasteiger partial charge in [-0.25, -0.2) is 4.98 Å². The van der Waals surface area contributed by atoms with Crippen LogP contribution in [0.2, 0.25) is 0 Å². The van der Waals surface area contributed by atoms with E-state index < -0.39 is 0 Å². The molecule has 94 valence electrons. The number of nitrogens with zero attached hydrogens (tertiary/aromatic N) is 1. The van der Waals surface area contributed by atoms with Gasteiger partial charge < -0.3 is 4.74 Å². The SMILES string of the molecule is Cc1ccc(OCC(=O)Nc2nccs2)cc1C. The van der Waals surface area contributed by atoms with E-state index in [2.05, 4.69) is 10.3 Å². The van der Waals surface area contributed by atoms with Crippen LogP contribution >= 0.6 is 11.3 Å². The molecule has 5 heteroatoms. The molecule has 0 aliphatic carbocycles. The van der Waals surface area contributed by atoms with Crippen LogP contribution in [0.1, 0.15) is 11.1 Å². The number of carbonyl (C=O) groups is 1. The van der Waals surface area contributed by atoms with Crippen LogP contribution in [0.5, 0.6) is 5.75 Å². The summed E-state index contributed by atoms with van der Waals surface area (Å²) in [5, 5.41) is 5.05. The number of rotatable bonds is 4. The summed E-state index contributed by atoms with van der Waals surface area (Å²) in [5.74, 6) is 0.496. The second-order valence-corrected chi connectivity index (χ2v) is 4.81. The second kappa shape index (κ2) is 5.64. The zero-order chi connectivity index (χ0) is 13.0. The van der Waals surface area contributed by atoms with Gasteiger partial charge in [-0.05, 0) is 37.1 Å². The van der Waals surface area contributed by atoms with E-state index in [4.69, 9.17) is 4.74 Å². The largest absolute Gasteiger partial charge is 0.484 e. The molecular weight excluding hydrogens is 248 g/mol. The van der Waals surface area contributed by atoms with Crippen molar-refractivity contribution in [1.29, 1.82) is 0 Å². The van der Waals surface area contributed by atoms with Gasteiger partial charge in [0.25, 0.3) is 5.91 Å². The van der Waals surface area contributed by atoms with E-state index in [1.165, 1.54) is 16.9 Å². The minimum Gasteiger partial charge on any atom is -0.484 e. The molecule has 0 unspecified atom stereocenters. The Kier molecular flexibility index (Phi) is 3.94. The van der Waals surface area contributed by atoms with Gasteiger partial charge in [0.1, 0.15) is 5.75 Å². The molecule has 0 aliphatic rings. The Morgan fingerprint density at radius 1 is 1.39 bits per heavy atom. The number of anilines is 1. The standard InChI is InChI=1S/C13H14N2O2S/c1-9-3-4-11(7-10(9)2)17-8-12(16)15-13-14-5-6-18-13/h3-7H,8H2,1-2H3,(H,14,15,16). The molecule has 1 amide bonds. The average Bonchev–Trinajstić information content (AvgIpc) is 2.83. The minimum atomic E-state index is -0.205. The maximum absolute atomic E-state index is 11.6. The van der Waals surface area contributed by atoms with Crippen molar-refractivity contribution in [3.63, 3.8) is 0 Å². The van der Waals surface area contributed by atoms with Gasteiger partial charge in [-0.2, -0.15) is 0 Å². The van der Waals surface area contributed by atoms with E-state index in [0.29, 0.717) is 10.9 Å². The lowest BCUT2D eigenvalue weighted by Crippen LogP contribution is -2.20. The van der Waals surface area contributed by atoms with Gasteiger partial charge in [0.15, 0.2) is 11.7 Å². The molecule has 2 rings (SSSR count). The number of hydrogen-bond acceptors (Lipinski definition) is 4. The van der Waals surface area contributed by atoms with Gasteiger partial charge >= 0.3 is 0 Å². The summed E-state index contributed by atoms with van der Waals surface area (Å²) in [6, 6.07) is 5.76. The number of aryl methyl sites for hydroxylation is 2. The van der Waals surface area contributed by atoms with Gasteiger partial charge in [-0.15, -0.1) is 11.3 Å². The van der Waals surface area contributed by atoms with E-state index in [1.807, 2.05) is 32.0 Å². The van der Waals surface area contributed by atoms with Crippen LogP contribution in [0, 0.1) is 13.8 Å². The summed E-state index contributed by atoms with van der Waals surface area (Å²) >= 11 is 1.38. The summed E-state index contributed by atoms with van der Waals surface area (Å²) in [7, 11) is 0. The van der Waals surface area contributed by atoms with Crippen LogP contribution in [0.25, 0.3) is 0 Å². The van der Waals surface area contributed by atoms with Crippen LogP contribution in [0.3, 0.4) is 0 Å². The van der Waals surface area contributed by atoms with Crippen molar-refractivity contribution in [2.45, 2.75) is 13.8 Å². The highest BCUT2D eigenvalue weighted by atomic mass is 32.1. The van der Waals surface area contributed by atoms with E-state index in [9.17, 15) is 4.79 Å². The topological polar surface area (TPSA) is 51.2 Å². The maximum atomic E-state index is 11.6. The Morgan fingerprint density at radius 2 is 2.22 bits per heavy atom. The van der Waals surface area contributed by atoms with Gasteiger partial charge in [-0.3, -0.25) is 10.1 Å². The molecule has 1 aromatic carbocycles. The van der Waals surface area contributed by atoms with E-state index in [-0.39, 0.29) is 12.5 Å². The smallest absolute Gasteiger partial charge is 0.264 e. The van der Waals surface area contributed by atoms with Crippen LogP contribution in [0.15, 0.2) is 29.8 Å². The maximum Gasteiger partial charge on any atom is 0.264 e. The van der Waals surface area contributed by atoms with Crippen molar-refractivity contribution < 1.29 is 9.53 Å². The Bertz CT molecular complexity index is 538. The van der Waals surface area contributed by atoms with Crippen molar-refractivity contribution in [3.8, 4) is 5.75 Å². The van der Waals surface area contributed by atoms with Gasteiger partial charge in [0, 0.05) is 11.6 Å². The highest BCUT2D eigenvalue weighted by molar-refractivity contribution is 7.13. The molecule has 0 aliphatic heterocycles. The van der Waals surface area contributed by atoms with E-state index in [0.717, 1.165) is 5.56 Å². The minimum absolute atomic E-state index is 0.0118. The number of ether oxygens (including phenoxy) is 1. The zero-order valence-corrected chi connectivity index (χ0v) is 11.1. The third kappa shape index (κ3) is 3.30. The lowest BCUT2D eigenvalue weighted by Gasteiger charge is -2.07. The predicted molar refractivity (Wildman–Crippen MR) is 72.2 cm³/mol. The first-order chi connectivity index (χ1) is 8.65. The molecule has 0 bridgehead atoms.